The molecule has 0 amide bonds. The number of aryl methyl sites for hydroxylation is 1. The highest BCUT2D eigenvalue weighted by molar-refractivity contribution is 7.10. The third-order valence-corrected chi connectivity index (χ3v) is 2.97. The van der Waals surface area contributed by atoms with Gasteiger partial charge in [-0.25, -0.2) is 0 Å². The van der Waals surface area contributed by atoms with Crippen molar-refractivity contribution in [3.63, 3.8) is 0 Å². The predicted octanol–water partition coefficient (Wildman–Crippen LogP) is 2.27. The summed E-state index contributed by atoms with van der Waals surface area (Å²) in [4.78, 5) is 1.29. The van der Waals surface area contributed by atoms with Gasteiger partial charge in [0.05, 0.1) is 0 Å². The molecule has 0 radical (unpaired) electrons. The van der Waals surface area contributed by atoms with Crippen molar-refractivity contribution in [2.45, 2.75) is 6.42 Å². The van der Waals surface area contributed by atoms with Crippen LogP contribution in [0.2, 0.25) is 0 Å². The number of allylic oxidation sites excluding steroid dienone is 1. The summed E-state index contributed by atoms with van der Waals surface area (Å²) in [6.07, 6.45) is 4.51. The zero-order chi connectivity index (χ0) is 9.97. The van der Waals surface area contributed by atoms with Crippen LogP contribution in [-0.2, 0) is 13.5 Å². The first-order valence-corrected chi connectivity index (χ1v) is 5.22. The summed E-state index contributed by atoms with van der Waals surface area (Å²) in [5, 5.41) is 10.0. The Morgan fingerprint density at radius 1 is 1.64 bits per heavy atom. The number of rotatable bonds is 3. The fourth-order valence-electron chi connectivity index (χ4n) is 1.36. The molecule has 2 rings (SSSR count). The summed E-state index contributed by atoms with van der Waals surface area (Å²) >= 11 is 1.73. The lowest BCUT2D eigenvalue weighted by Crippen LogP contribution is -1.92. The van der Waals surface area contributed by atoms with Crippen molar-refractivity contribution >= 4 is 11.3 Å². The summed E-state index contributed by atoms with van der Waals surface area (Å²) in [6, 6.07) is 2.08. The number of nitrogens with zero attached hydrogens (tertiary/aromatic N) is 3. The lowest BCUT2D eigenvalue weighted by Gasteiger charge is -1.99. The van der Waals surface area contributed by atoms with Crippen molar-refractivity contribution in [2.75, 3.05) is 0 Å². The van der Waals surface area contributed by atoms with Gasteiger partial charge in [0.25, 0.3) is 0 Å². The Morgan fingerprint density at radius 3 is 3.14 bits per heavy atom. The topological polar surface area (TPSA) is 30.7 Å². The first kappa shape index (κ1) is 9.15. The van der Waals surface area contributed by atoms with Crippen LogP contribution in [0.4, 0.5) is 0 Å². The van der Waals surface area contributed by atoms with E-state index in [0.29, 0.717) is 0 Å². The van der Waals surface area contributed by atoms with Gasteiger partial charge in [-0.1, -0.05) is 6.08 Å². The quantitative estimate of drug-likeness (QED) is 0.720. The maximum Gasteiger partial charge on any atom is 0.164 e. The average molecular weight is 205 g/mol. The maximum atomic E-state index is 4.09. The van der Waals surface area contributed by atoms with Crippen LogP contribution in [0.3, 0.4) is 0 Å². The molecule has 2 aromatic heterocycles. The van der Waals surface area contributed by atoms with E-state index < -0.39 is 0 Å². The Balaban J connectivity index is 2.46. The minimum Gasteiger partial charge on any atom is -0.317 e. The molecular weight excluding hydrogens is 194 g/mol. The molecule has 0 aliphatic heterocycles. The highest BCUT2D eigenvalue weighted by Gasteiger charge is 2.09. The van der Waals surface area contributed by atoms with Crippen molar-refractivity contribution in [2.24, 2.45) is 7.05 Å². The molecule has 0 aromatic carbocycles. The van der Waals surface area contributed by atoms with Crippen molar-refractivity contribution in [1.82, 2.24) is 14.8 Å². The molecule has 0 atom stereocenters. The monoisotopic (exact) mass is 205 g/mol. The SMILES string of the molecule is C=CCc1sccc1-c1nncn1C. The van der Waals surface area contributed by atoms with Crippen LogP contribution in [0.1, 0.15) is 4.88 Å². The van der Waals surface area contributed by atoms with Crippen LogP contribution < -0.4 is 0 Å². The molecule has 0 unspecified atom stereocenters. The van der Waals surface area contributed by atoms with Crippen LogP contribution in [0.15, 0.2) is 30.4 Å². The molecule has 4 heteroatoms. The third kappa shape index (κ3) is 1.48. The number of thiophene rings is 1. The summed E-state index contributed by atoms with van der Waals surface area (Å²) < 4.78 is 1.93. The lowest BCUT2D eigenvalue weighted by molar-refractivity contribution is 0.919. The predicted molar refractivity (Wildman–Crippen MR) is 58.2 cm³/mol. The van der Waals surface area contributed by atoms with Crippen molar-refractivity contribution in [3.05, 3.63) is 35.3 Å². The second-order valence-electron chi connectivity index (χ2n) is 3.02. The van der Waals surface area contributed by atoms with E-state index >= 15 is 0 Å². The standard InChI is InChI=1S/C10H11N3S/c1-3-4-9-8(5-6-14-9)10-12-11-7-13(10)2/h3,5-7H,1,4H2,2H3. The van der Waals surface area contributed by atoms with E-state index in [4.69, 9.17) is 0 Å². The second-order valence-corrected chi connectivity index (χ2v) is 4.02. The highest BCUT2D eigenvalue weighted by Crippen LogP contribution is 2.26. The Bertz CT molecular complexity index is 442. The fraction of sp³-hybridized carbons (Fsp3) is 0.200. The number of aromatic nitrogens is 3. The zero-order valence-electron chi connectivity index (χ0n) is 7.97. The molecule has 0 fully saturated rings. The number of hydrogen-bond donors (Lipinski definition) is 0. The molecule has 0 aliphatic rings. The molecule has 0 saturated carbocycles. The van der Waals surface area contributed by atoms with Gasteiger partial charge in [-0.05, 0) is 11.4 Å². The average Bonchev–Trinajstić information content (AvgIpc) is 2.74. The minimum absolute atomic E-state index is 0.889. The summed E-state index contributed by atoms with van der Waals surface area (Å²) in [5.41, 5.74) is 1.16. The van der Waals surface area contributed by atoms with E-state index in [0.717, 1.165) is 17.8 Å². The van der Waals surface area contributed by atoms with Crippen molar-refractivity contribution < 1.29 is 0 Å². The molecule has 72 valence electrons. The van der Waals surface area contributed by atoms with E-state index in [9.17, 15) is 0 Å². The van der Waals surface area contributed by atoms with E-state index in [2.05, 4.69) is 28.2 Å². The van der Waals surface area contributed by atoms with E-state index in [1.54, 1.807) is 17.7 Å². The molecule has 2 aromatic rings. The molecule has 0 N–H and O–H groups in total. The van der Waals surface area contributed by atoms with Crippen molar-refractivity contribution in [1.29, 1.82) is 0 Å². The Morgan fingerprint density at radius 2 is 2.50 bits per heavy atom. The third-order valence-electron chi connectivity index (χ3n) is 2.03. The van der Waals surface area contributed by atoms with Crippen LogP contribution in [0.25, 0.3) is 11.4 Å². The Hall–Kier alpha value is -1.42. The lowest BCUT2D eigenvalue weighted by atomic mass is 10.2. The van der Waals surface area contributed by atoms with Gasteiger partial charge < -0.3 is 4.57 Å². The first-order chi connectivity index (χ1) is 6.83. The van der Waals surface area contributed by atoms with Gasteiger partial charge in [0, 0.05) is 23.9 Å². The normalized spacial score (nSPS) is 10.4. The number of hydrogen-bond acceptors (Lipinski definition) is 3. The van der Waals surface area contributed by atoms with Crippen LogP contribution >= 0.6 is 11.3 Å². The van der Waals surface area contributed by atoms with Gasteiger partial charge in [-0.3, -0.25) is 0 Å². The van der Waals surface area contributed by atoms with Gasteiger partial charge >= 0.3 is 0 Å². The first-order valence-electron chi connectivity index (χ1n) is 4.34. The maximum absolute atomic E-state index is 4.09. The summed E-state index contributed by atoms with van der Waals surface area (Å²) in [7, 11) is 1.95. The highest BCUT2D eigenvalue weighted by atomic mass is 32.1. The van der Waals surface area contributed by atoms with E-state index in [1.165, 1.54) is 4.88 Å². The molecule has 0 saturated heterocycles. The zero-order valence-corrected chi connectivity index (χ0v) is 8.79. The van der Waals surface area contributed by atoms with Gasteiger partial charge in [0.2, 0.25) is 0 Å². The molecule has 0 bridgehead atoms. The fourth-order valence-corrected chi connectivity index (χ4v) is 2.22. The van der Waals surface area contributed by atoms with E-state index in [-0.39, 0.29) is 0 Å². The molecule has 0 aliphatic carbocycles. The molecule has 0 spiro atoms. The molecular formula is C10H11N3S. The minimum atomic E-state index is 0.889. The Labute approximate surface area is 86.7 Å². The second kappa shape index (κ2) is 3.75. The van der Waals surface area contributed by atoms with Crippen LogP contribution in [0.5, 0.6) is 0 Å². The smallest absolute Gasteiger partial charge is 0.164 e. The molecule has 14 heavy (non-hydrogen) atoms. The van der Waals surface area contributed by atoms with Crippen LogP contribution in [-0.4, -0.2) is 14.8 Å². The molecule has 2 heterocycles. The van der Waals surface area contributed by atoms with Gasteiger partial charge in [-0.15, -0.1) is 28.1 Å². The van der Waals surface area contributed by atoms with Gasteiger partial charge in [0.15, 0.2) is 5.82 Å². The summed E-state index contributed by atoms with van der Waals surface area (Å²) in [5.74, 6) is 0.920. The van der Waals surface area contributed by atoms with Gasteiger partial charge in [0.1, 0.15) is 6.33 Å². The van der Waals surface area contributed by atoms with Crippen LogP contribution in [0, 0.1) is 0 Å². The van der Waals surface area contributed by atoms with Crippen molar-refractivity contribution in [3.8, 4) is 11.4 Å². The molecule has 3 nitrogen and oxygen atoms in total. The largest absolute Gasteiger partial charge is 0.317 e. The van der Waals surface area contributed by atoms with E-state index in [1.807, 2.05) is 17.7 Å². The Kier molecular flexibility index (Phi) is 2.45. The summed E-state index contributed by atoms with van der Waals surface area (Å²) in [6.45, 7) is 3.74. The van der Waals surface area contributed by atoms with Gasteiger partial charge in [-0.2, -0.15) is 0 Å².